The molecule has 0 unspecified atom stereocenters. The molecule has 1 aromatic carbocycles. The van der Waals surface area contributed by atoms with E-state index in [4.69, 9.17) is 0 Å². The lowest BCUT2D eigenvalue weighted by atomic mass is 9.95. The highest BCUT2D eigenvalue weighted by atomic mass is 16.2. The van der Waals surface area contributed by atoms with Gasteiger partial charge in [0, 0.05) is 43.5 Å². The third-order valence-electron chi connectivity index (χ3n) is 6.01. The summed E-state index contributed by atoms with van der Waals surface area (Å²) in [6.07, 6.45) is 8.62. The molecule has 150 valence electrons. The predicted octanol–water partition coefficient (Wildman–Crippen LogP) is 2.60. The van der Waals surface area contributed by atoms with E-state index < -0.39 is 0 Å². The summed E-state index contributed by atoms with van der Waals surface area (Å²) in [5.74, 6) is 3.22. The quantitative estimate of drug-likeness (QED) is 0.668. The van der Waals surface area contributed by atoms with Gasteiger partial charge in [-0.3, -0.25) is 4.79 Å². The zero-order valence-corrected chi connectivity index (χ0v) is 16.6. The van der Waals surface area contributed by atoms with E-state index in [-0.39, 0.29) is 5.91 Å². The molecule has 29 heavy (non-hydrogen) atoms. The molecule has 2 aliphatic rings. The summed E-state index contributed by atoms with van der Waals surface area (Å²) in [6.45, 7) is 4.45. The molecule has 0 bridgehead atoms. The number of nitrogens with zero attached hydrogens (tertiary/aromatic N) is 7. The van der Waals surface area contributed by atoms with Gasteiger partial charge in [-0.25, -0.2) is 4.98 Å². The fourth-order valence-corrected chi connectivity index (χ4v) is 4.18. The molecule has 1 aliphatic heterocycles. The van der Waals surface area contributed by atoms with Crippen LogP contribution >= 0.6 is 0 Å². The average molecular weight is 391 g/mol. The summed E-state index contributed by atoms with van der Waals surface area (Å²) < 4.78 is 3.97. The van der Waals surface area contributed by atoms with Crippen molar-refractivity contribution >= 4 is 5.91 Å². The number of piperidine rings is 1. The second-order valence-corrected chi connectivity index (χ2v) is 8.14. The third kappa shape index (κ3) is 3.66. The number of imidazole rings is 1. The van der Waals surface area contributed by atoms with Gasteiger partial charge in [0.1, 0.15) is 5.82 Å². The van der Waals surface area contributed by atoms with E-state index >= 15 is 0 Å². The molecular weight excluding hydrogens is 366 g/mol. The lowest BCUT2D eigenvalue weighted by Gasteiger charge is -2.32. The van der Waals surface area contributed by atoms with Crippen molar-refractivity contribution in [2.45, 2.75) is 45.1 Å². The summed E-state index contributed by atoms with van der Waals surface area (Å²) in [5, 5.41) is 11.6. The van der Waals surface area contributed by atoms with E-state index in [9.17, 15) is 4.79 Å². The minimum Gasteiger partial charge on any atom is -0.339 e. The van der Waals surface area contributed by atoms with Crippen molar-refractivity contribution < 1.29 is 4.79 Å². The Morgan fingerprint density at radius 1 is 1.17 bits per heavy atom. The molecule has 2 fully saturated rings. The first-order chi connectivity index (χ1) is 14.2. The Kier molecular flexibility index (Phi) is 4.61. The van der Waals surface area contributed by atoms with Crippen molar-refractivity contribution in [1.82, 2.24) is 34.7 Å². The van der Waals surface area contributed by atoms with Crippen molar-refractivity contribution in [2.24, 2.45) is 5.92 Å². The van der Waals surface area contributed by atoms with Crippen molar-refractivity contribution in [3.05, 3.63) is 53.9 Å². The molecule has 0 atom stereocenters. The van der Waals surface area contributed by atoms with Crippen LogP contribution in [0.1, 0.15) is 53.6 Å². The number of benzene rings is 1. The maximum absolute atomic E-state index is 13.1. The smallest absolute Gasteiger partial charge is 0.253 e. The van der Waals surface area contributed by atoms with Gasteiger partial charge in [-0.2, -0.15) is 4.68 Å². The Bertz CT molecular complexity index is 1010. The van der Waals surface area contributed by atoms with Gasteiger partial charge in [-0.15, -0.1) is 5.10 Å². The number of likely N-dealkylation sites (tertiary alicyclic amines) is 1. The SMILES string of the molecule is Cc1nnnn1-c1cccc(C(=O)N2CCC(c3nccn3CC3CC3)CC2)c1. The van der Waals surface area contributed by atoms with Gasteiger partial charge in [-0.1, -0.05) is 6.07 Å². The van der Waals surface area contributed by atoms with Crippen LogP contribution in [0.4, 0.5) is 0 Å². The number of aromatic nitrogens is 6. The highest BCUT2D eigenvalue weighted by Gasteiger charge is 2.29. The molecule has 1 amide bonds. The van der Waals surface area contributed by atoms with Crippen LogP contribution in [-0.2, 0) is 6.54 Å². The van der Waals surface area contributed by atoms with Crippen LogP contribution in [0.15, 0.2) is 36.7 Å². The molecule has 2 aromatic heterocycles. The number of hydrogen-bond acceptors (Lipinski definition) is 5. The molecule has 5 rings (SSSR count). The molecule has 8 nitrogen and oxygen atoms in total. The summed E-state index contributed by atoms with van der Waals surface area (Å²) in [5.41, 5.74) is 1.47. The number of hydrogen-bond donors (Lipinski definition) is 0. The van der Waals surface area contributed by atoms with Crippen molar-refractivity contribution in [1.29, 1.82) is 0 Å². The first kappa shape index (κ1) is 18.0. The fraction of sp³-hybridized carbons (Fsp3) is 0.476. The number of aryl methyl sites for hydroxylation is 1. The normalized spacial score (nSPS) is 17.6. The first-order valence-electron chi connectivity index (χ1n) is 10.3. The highest BCUT2D eigenvalue weighted by Crippen LogP contribution is 2.33. The predicted molar refractivity (Wildman–Crippen MR) is 107 cm³/mol. The Hall–Kier alpha value is -3.03. The van der Waals surface area contributed by atoms with Crippen molar-refractivity contribution in [3.63, 3.8) is 0 Å². The molecule has 1 aliphatic carbocycles. The van der Waals surface area contributed by atoms with Gasteiger partial charge in [0.05, 0.1) is 5.69 Å². The van der Waals surface area contributed by atoms with Gasteiger partial charge in [0.25, 0.3) is 5.91 Å². The molecule has 0 radical (unpaired) electrons. The topological polar surface area (TPSA) is 81.7 Å². The molecule has 3 aromatic rings. The van der Waals surface area contributed by atoms with Gasteiger partial charge >= 0.3 is 0 Å². The molecule has 8 heteroatoms. The van der Waals surface area contributed by atoms with E-state index in [1.165, 1.54) is 18.7 Å². The first-order valence-corrected chi connectivity index (χ1v) is 10.3. The van der Waals surface area contributed by atoms with Crippen LogP contribution in [0.25, 0.3) is 5.69 Å². The maximum Gasteiger partial charge on any atom is 0.253 e. The summed E-state index contributed by atoms with van der Waals surface area (Å²) in [6, 6.07) is 7.51. The molecule has 1 saturated heterocycles. The van der Waals surface area contributed by atoms with Crippen LogP contribution in [0.2, 0.25) is 0 Å². The van der Waals surface area contributed by atoms with E-state index in [0.717, 1.165) is 44.1 Å². The second kappa shape index (κ2) is 7.42. The standard InChI is InChI=1S/C21H25N7O/c1-15-23-24-25-28(15)19-4-2-3-18(13-19)21(29)26-10-7-17(8-11-26)20-22-9-12-27(20)14-16-5-6-16/h2-4,9,12-13,16-17H,5-8,10-11,14H2,1H3. The van der Waals surface area contributed by atoms with Crippen molar-refractivity contribution in [3.8, 4) is 5.69 Å². The summed E-state index contributed by atoms with van der Waals surface area (Å²) in [7, 11) is 0. The molecule has 3 heterocycles. The largest absolute Gasteiger partial charge is 0.339 e. The molecule has 0 spiro atoms. The average Bonchev–Trinajstić information content (AvgIpc) is 3.27. The number of carbonyl (C=O) groups excluding carboxylic acids is 1. The summed E-state index contributed by atoms with van der Waals surface area (Å²) >= 11 is 0. The molecule has 1 saturated carbocycles. The van der Waals surface area contributed by atoms with Gasteiger partial charge in [-0.05, 0) is 67.2 Å². The Balaban J connectivity index is 1.26. The highest BCUT2D eigenvalue weighted by molar-refractivity contribution is 5.94. The van der Waals surface area contributed by atoms with Gasteiger partial charge < -0.3 is 9.47 Å². The Morgan fingerprint density at radius 3 is 2.72 bits per heavy atom. The van der Waals surface area contributed by atoms with Crippen LogP contribution in [0.5, 0.6) is 0 Å². The van der Waals surface area contributed by atoms with E-state index in [2.05, 4.69) is 31.3 Å². The van der Waals surface area contributed by atoms with E-state index in [1.807, 2.05) is 42.3 Å². The fourth-order valence-electron chi connectivity index (χ4n) is 4.18. The number of amides is 1. The minimum atomic E-state index is 0.0670. The number of carbonyl (C=O) groups is 1. The van der Waals surface area contributed by atoms with Crippen LogP contribution in [0.3, 0.4) is 0 Å². The van der Waals surface area contributed by atoms with Gasteiger partial charge in [0.15, 0.2) is 5.82 Å². The van der Waals surface area contributed by atoms with Crippen molar-refractivity contribution in [2.75, 3.05) is 13.1 Å². The Morgan fingerprint density at radius 2 is 2.00 bits per heavy atom. The maximum atomic E-state index is 13.1. The Labute approximate surface area is 169 Å². The second-order valence-electron chi connectivity index (χ2n) is 8.14. The zero-order chi connectivity index (χ0) is 19.8. The van der Waals surface area contributed by atoms with E-state index in [0.29, 0.717) is 17.3 Å². The third-order valence-corrected chi connectivity index (χ3v) is 6.01. The number of tetrazole rings is 1. The van der Waals surface area contributed by atoms with Crippen LogP contribution in [-0.4, -0.2) is 53.7 Å². The lowest BCUT2D eigenvalue weighted by molar-refractivity contribution is 0.0710. The zero-order valence-electron chi connectivity index (χ0n) is 16.6. The van der Waals surface area contributed by atoms with Crippen LogP contribution < -0.4 is 0 Å². The van der Waals surface area contributed by atoms with E-state index in [1.54, 1.807) is 4.68 Å². The molecular formula is C21H25N7O. The minimum absolute atomic E-state index is 0.0670. The molecule has 0 N–H and O–H groups in total. The lowest BCUT2D eigenvalue weighted by Crippen LogP contribution is -2.38. The van der Waals surface area contributed by atoms with Crippen LogP contribution in [0, 0.1) is 12.8 Å². The monoisotopic (exact) mass is 391 g/mol. The summed E-state index contributed by atoms with van der Waals surface area (Å²) in [4.78, 5) is 19.7. The number of rotatable bonds is 5. The van der Waals surface area contributed by atoms with Gasteiger partial charge in [0.2, 0.25) is 0 Å².